The molecule has 0 bridgehead atoms. The fraction of sp³-hybridized carbons (Fsp3) is 0.167. The number of hydrogen-bond acceptors (Lipinski definition) is 2. The zero-order valence-corrected chi connectivity index (χ0v) is 11.6. The summed E-state index contributed by atoms with van der Waals surface area (Å²) in [6.45, 7) is 0. The number of halogens is 2. The van der Waals surface area contributed by atoms with Gasteiger partial charge in [0.15, 0.2) is 0 Å². The molecule has 1 unspecified atom stereocenters. The van der Waals surface area contributed by atoms with E-state index in [0.717, 1.165) is 16.5 Å². The van der Waals surface area contributed by atoms with E-state index in [9.17, 15) is 0 Å². The van der Waals surface area contributed by atoms with Crippen molar-refractivity contribution < 1.29 is 0 Å². The quantitative estimate of drug-likeness (QED) is 0.892. The highest BCUT2D eigenvalue weighted by molar-refractivity contribution is 9.10. The summed E-state index contributed by atoms with van der Waals surface area (Å²) in [4.78, 5) is 0. The Bertz CT molecular complexity index is 470. The molecule has 0 spiro atoms. The van der Waals surface area contributed by atoms with Crippen molar-refractivity contribution in [1.82, 2.24) is 0 Å². The second-order valence-corrected chi connectivity index (χ2v) is 5.66. The smallest absolute Gasteiger partial charge is 0.0548 e. The van der Waals surface area contributed by atoms with Gasteiger partial charge in [0.05, 0.1) is 5.02 Å². The van der Waals surface area contributed by atoms with Crippen molar-refractivity contribution in [3.8, 4) is 0 Å². The van der Waals surface area contributed by atoms with Crippen LogP contribution < -0.4 is 5.73 Å². The Balaban J connectivity index is 2.14. The number of hydrogen-bond donors (Lipinski definition) is 1. The first-order valence-corrected chi connectivity index (χ1v) is 7.00. The lowest BCUT2D eigenvalue weighted by atomic mass is 10.0. The average molecular weight is 317 g/mol. The van der Waals surface area contributed by atoms with E-state index in [2.05, 4.69) is 32.8 Å². The van der Waals surface area contributed by atoms with Crippen LogP contribution in [0.1, 0.15) is 17.2 Å². The van der Waals surface area contributed by atoms with Crippen LogP contribution in [0.25, 0.3) is 0 Å². The first kappa shape index (κ1) is 12.1. The molecule has 0 aliphatic rings. The molecule has 2 rings (SSSR count). The topological polar surface area (TPSA) is 26.0 Å². The van der Waals surface area contributed by atoms with E-state index in [1.54, 1.807) is 11.3 Å². The summed E-state index contributed by atoms with van der Waals surface area (Å²) in [5, 5.41) is 4.91. The maximum Gasteiger partial charge on any atom is 0.0548 e. The van der Waals surface area contributed by atoms with Crippen LogP contribution in [0.5, 0.6) is 0 Å². The lowest BCUT2D eigenvalue weighted by molar-refractivity contribution is 0.723. The van der Waals surface area contributed by atoms with Crippen LogP contribution in [0.15, 0.2) is 39.5 Å². The van der Waals surface area contributed by atoms with E-state index in [1.807, 2.05) is 18.2 Å². The molecule has 0 aliphatic heterocycles. The third-order valence-electron chi connectivity index (χ3n) is 2.41. The van der Waals surface area contributed by atoms with Gasteiger partial charge in [0.1, 0.15) is 0 Å². The van der Waals surface area contributed by atoms with Gasteiger partial charge in [0.2, 0.25) is 0 Å². The van der Waals surface area contributed by atoms with Crippen molar-refractivity contribution in [3.05, 3.63) is 55.6 Å². The Morgan fingerprint density at radius 1 is 1.38 bits per heavy atom. The molecule has 2 N–H and O–H groups in total. The summed E-state index contributed by atoms with van der Waals surface area (Å²) in [6, 6.07) is 7.95. The lowest BCUT2D eigenvalue weighted by Gasteiger charge is -2.12. The molecule has 0 saturated heterocycles. The normalized spacial score (nSPS) is 12.7. The van der Waals surface area contributed by atoms with Crippen molar-refractivity contribution in [3.63, 3.8) is 0 Å². The van der Waals surface area contributed by atoms with Gasteiger partial charge < -0.3 is 5.73 Å². The second kappa shape index (κ2) is 5.32. The van der Waals surface area contributed by atoms with Crippen molar-refractivity contribution >= 4 is 38.9 Å². The summed E-state index contributed by atoms with van der Waals surface area (Å²) in [6.07, 6.45) is 0.859. The molecule has 84 valence electrons. The molecule has 1 atom stereocenters. The second-order valence-electron chi connectivity index (χ2n) is 3.62. The molecule has 0 amide bonds. The molecule has 0 fully saturated rings. The van der Waals surface area contributed by atoms with Gasteiger partial charge in [-0.3, -0.25) is 0 Å². The van der Waals surface area contributed by atoms with E-state index in [4.69, 9.17) is 17.3 Å². The third kappa shape index (κ3) is 2.86. The maximum atomic E-state index is 6.15. The molecule has 0 aliphatic carbocycles. The van der Waals surface area contributed by atoms with Crippen molar-refractivity contribution in [1.29, 1.82) is 0 Å². The highest BCUT2D eigenvalue weighted by atomic mass is 79.9. The van der Waals surface area contributed by atoms with Crippen LogP contribution in [-0.4, -0.2) is 0 Å². The number of nitrogens with two attached hydrogens (primary N) is 1. The fourth-order valence-electron chi connectivity index (χ4n) is 1.52. The van der Waals surface area contributed by atoms with Crippen molar-refractivity contribution in [2.24, 2.45) is 5.73 Å². The zero-order chi connectivity index (χ0) is 11.5. The Morgan fingerprint density at radius 3 is 2.81 bits per heavy atom. The highest BCUT2D eigenvalue weighted by Gasteiger charge is 2.09. The summed E-state index contributed by atoms with van der Waals surface area (Å²) < 4.78 is 0.896. The predicted octanol–water partition coefficient (Wildman–Crippen LogP) is 4.41. The first-order chi connectivity index (χ1) is 7.66. The lowest BCUT2D eigenvalue weighted by Crippen LogP contribution is -2.12. The minimum Gasteiger partial charge on any atom is -0.324 e. The largest absolute Gasteiger partial charge is 0.324 e. The van der Waals surface area contributed by atoms with Crippen LogP contribution in [0.2, 0.25) is 5.02 Å². The Kier molecular flexibility index (Phi) is 4.03. The van der Waals surface area contributed by atoms with Crippen LogP contribution in [0.3, 0.4) is 0 Å². The number of rotatable bonds is 3. The summed E-state index contributed by atoms with van der Waals surface area (Å²) in [5.41, 5.74) is 8.53. The number of thiophene rings is 1. The van der Waals surface area contributed by atoms with Crippen LogP contribution in [-0.2, 0) is 6.42 Å². The Labute approximate surface area is 112 Å². The molecule has 1 aromatic carbocycles. The maximum absolute atomic E-state index is 6.15. The van der Waals surface area contributed by atoms with Gasteiger partial charge in [-0.15, -0.1) is 0 Å². The molecule has 1 nitrogen and oxygen atoms in total. The third-order valence-corrected chi connectivity index (χ3v) is 4.35. The van der Waals surface area contributed by atoms with Gasteiger partial charge in [-0.1, -0.05) is 17.7 Å². The number of benzene rings is 1. The summed E-state index contributed by atoms with van der Waals surface area (Å²) in [7, 11) is 0. The minimum atomic E-state index is 0.0168. The molecular weight excluding hydrogens is 306 g/mol. The Morgan fingerprint density at radius 2 is 2.19 bits per heavy atom. The van der Waals surface area contributed by atoms with Gasteiger partial charge in [0, 0.05) is 10.5 Å². The van der Waals surface area contributed by atoms with Gasteiger partial charge >= 0.3 is 0 Å². The van der Waals surface area contributed by atoms with E-state index < -0.39 is 0 Å². The minimum absolute atomic E-state index is 0.0168. The van der Waals surface area contributed by atoms with E-state index in [1.165, 1.54) is 5.56 Å². The highest BCUT2D eigenvalue weighted by Crippen LogP contribution is 2.26. The van der Waals surface area contributed by atoms with E-state index >= 15 is 0 Å². The van der Waals surface area contributed by atoms with Crippen LogP contribution >= 0.6 is 38.9 Å². The average Bonchev–Trinajstić information content (AvgIpc) is 2.74. The molecule has 1 aromatic heterocycles. The van der Waals surface area contributed by atoms with Gasteiger partial charge in [-0.25, -0.2) is 0 Å². The molecule has 0 radical (unpaired) electrons. The monoisotopic (exact) mass is 315 g/mol. The molecule has 2 aromatic rings. The predicted molar refractivity (Wildman–Crippen MR) is 74.1 cm³/mol. The molecular formula is C12H11BrClNS. The summed E-state index contributed by atoms with van der Waals surface area (Å²) in [5.74, 6) is 0. The molecule has 0 saturated carbocycles. The van der Waals surface area contributed by atoms with Gasteiger partial charge in [0.25, 0.3) is 0 Å². The van der Waals surface area contributed by atoms with E-state index in [0.29, 0.717) is 5.02 Å². The zero-order valence-electron chi connectivity index (χ0n) is 8.49. The van der Waals surface area contributed by atoms with Crippen LogP contribution in [0, 0.1) is 0 Å². The van der Waals surface area contributed by atoms with Crippen molar-refractivity contribution in [2.75, 3.05) is 0 Å². The molecule has 1 heterocycles. The first-order valence-electron chi connectivity index (χ1n) is 4.88. The SMILES string of the molecule is NC(Cc1ccsc1)c1ccc(Cl)c(Br)c1. The van der Waals surface area contributed by atoms with Crippen LogP contribution in [0.4, 0.5) is 0 Å². The fourth-order valence-corrected chi connectivity index (χ4v) is 2.72. The molecule has 4 heteroatoms. The Hall–Kier alpha value is -0.350. The standard InChI is InChI=1S/C12H11BrClNS/c13-10-6-9(1-2-11(10)14)12(15)5-8-3-4-16-7-8/h1-4,6-7,12H,5,15H2. The summed E-state index contributed by atoms with van der Waals surface area (Å²) >= 11 is 11.0. The van der Waals surface area contributed by atoms with Gasteiger partial charge in [-0.05, 0) is 62.4 Å². The van der Waals surface area contributed by atoms with E-state index in [-0.39, 0.29) is 6.04 Å². The van der Waals surface area contributed by atoms with Crippen molar-refractivity contribution in [2.45, 2.75) is 12.5 Å². The molecule has 16 heavy (non-hydrogen) atoms. The van der Waals surface area contributed by atoms with Gasteiger partial charge in [-0.2, -0.15) is 11.3 Å².